The van der Waals surface area contributed by atoms with Crippen LogP contribution in [0.4, 0.5) is 30.5 Å². The second-order valence-electron chi connectivity index (χ2n) is 7.06. The molecule has 0 saturated carbocycles. The van der Waals surface area contributed by atoms with Gasteiger partial charge in [0.2, 0.25) is 10.0 Å². The molecule has 1 fully saturated rings. The molecule has 0 aliphatic carbocycles. The van der Waals surface area contributed by atoms with Gasteiger partial charge < -0.3 is 10.2 Å². The molecule has 2 aromatic heterocycles. The van der Waals surface area contributed by atoms with Crippen LogP contribution in [0.1, 0.15) is 5.56 Å². The van der Waals surface area contributed by atoms with Gasteiger partial charge in [-0.3, -0.25) is 4.98 Å². The molecule has 4 rings (SSSR count). The summed E-state index contributed by atoms with van der Waals surface area (Å²) < 4.78 is 65.0. The number of nitrogens with zero attached hydrogens (tertiary/aromatic N) is 5. The third kappa shape index (κ3) is 4.81. The van der Waals surface area contributed by atoms with Gasteiger partial charge in [0.1, 0.15) is 0 Å². The molecule has 0 bridgehead atoms. The van der Waals surface area contributed by atoms with Crippen molar-refractivity contribution in [3.05, 3.63) is 66.5 Å². The van der Waals surface area contributed by atoms with Crippen LogP contribution in [0, 0.1) is 0 Å². The maximum atomic E-state index is 12.8. The molecule has 1 N–H and O–H groups in total. The normalized spacial score (nSPS) is 15.5. The van der Waals surface area contributed by atoms with Crippen LogP contribution in [0.2, 0.25) is 0 Å². The van der Waals surface area contributed by atoms with E-state index in [1.807, 2.05) is 11.0 Å². The summed E-state index contributed by atoms with van der Waals surface area (Å²) in [6.07, 6.45) is -1.19. The zero-order chi connectivity index (χ0) is 22.8. The van der Waals surface area contributed by atoms with E-state index in [2.05, 4.69) is 20.5 Å². The molecule has 1 aliphatic rings. The highest BCUT2D eigenvalue weighted by Crippen LogP contribution is 2.30. The summed E-state index contributed by atoms with van der Waals surface area (Å²) in [6, 6.07) is 10.7. The quantitative estimate of drug-likeness (QED) is 0.620. The van der Waals surface area contributed by atoms with Gasteiger partial charge in [0.25, 0.3) is 0 Å². The number of piperazine rings is 1. The molecule has 1 aromatic carbocycles. The molecule has 0 atom stereocenters. The van der Waals surface area contributed by atoms with Gasteiger partial charge in [-0.15, -0.1) is 10.2 Å². The Kier molecular flexibility index (Phi) is 5.98. The van der Waals surface area contributed by atoms with Gasteiger partial charge in [-0.1, -0.05) is 0 Å². The van der Waals surface area contributed by atoms with Gasteiger partial charge in [0.15, 0.2) is 11.6 Å². The van der Waals surface area contributed by atoms with Crippen LogP contribution in [0.15, 0.2) is 65.8 Å². The van der Waals surface area contributed by atoms with Gasteiger partial charge in [-0.25, -0.2) is 8.42 Å². The van der Waals surface area contributed by atoms with Gasteiger partial charge in [-0.2, -0.15) is 17.5 Å². The van der Waals surface area contributed by atoms with Crippen molar-refractivity contribution in [2.75, 3.05) is 36.4 Å². The first-order valence-electron chi connectivity index (χ1n) is 9.67. The molecule has 1 aliphatic heterocycles. The average Bonchev–Trinajstić information content (AvgIpc) is 2.80. The van der Waals surface area contributed by atoms with E-state index in [9.17, 15) is 21.6 Å². The predicted molar refractivity (Wildman–Crippen MR) is 112 cm³/mol. The highest BCUT2D eigenvalue weighted by atomic mass is 32.2. The minimum absolute atomic E-state index is 0.162. The third-order valence-electron chi connectivity index (χ3n) is 4.97. The Labute approximate surface area is 182 Å². The molecule has 0 spiro atoms. The van der Waals surface area contributed by atoms with Crippen LogP contribution in [0.5, 0.6) is 0 Å². The molecule has 168 valence electrons. The van der Waals surface area contributed by atoms with Crippen molar-refractivity contribution < 1.29 is 21.6 Å². The Hall–Kier alpha value is -3.25. The van der Waals surface area contributed by atoms with E-state index in [0.29, 0.717) is 24.7 Å². The number of benzene rings is 1. The molecular formula is C20H19F3N6O2S. The molecule has 3 aromatic rings. The first-order chi connectivity index (χ1) is 15.2. The number of aromatic nitrogens is 3. The van der Waals surface area contributed by atoms with Crippen LogP contribution < -0.4 is 10.2 Å². The Morgan fingerprint density at radius 2 is 1.62 bits per heavy atom. The van der Waals surface area contributed by atoms with Crippen LogP contribution >= 0.6 is 0 Å². The molecule has 12 heteroatoms. The largest absolute Gasteiger partial charge is 0.416 e. The van der Waals surface area contributed by atoms with Gasteiger partial charge in [0.05, 0.1) is 22.3 Å². The average molecular weight is 464 g/mol. The highest BCUT2D eigenvalue weighted by molar-refractivity contribution is 7.89. The summed E-state index contributed by atoms with van der Waals surface area (Å²) in [4.78, 5) is 5.75. The van der Waals surface area contributed by atoms with E-state index >= 15 is 0 Å². The number of sulfonamides is 1. The predicted octanol–water partition coefficient (Wildman–Crippen LogP) is 3.14. The molecule has 0 amide bonds. The standard InChI is InChI=1S/C20H19F3N6O2S/c21-20(22,23)15-3-5-17(6-4-15)32(30,31)29-12-10-28(11-13-29)19-8-7-18(26-27-19)25-16-2-1-9-24-14-16/h1-9,14H,10-13H2,(H,25,26). The summed E-state index contributed by atoms with van der Waals surface area (Å²) in [7, 11) is -3.88. The SMILES string of the molecule is O=S(=O)(c1ccc(C(F)(F)F)cc1)N1CCN(c2ccc(Nc3cccnc3)nn2)CC1. The van der Waals surface area contributed by atoms with Crippen molar-refractivity contribution in [1.82, 2.24) is 19.5 Å². The van der Waals surface area contributed by atoms with Crippen molar-refractivity contribution in [2.24, 2.45) is 0 Å². The summed E-state index contributed by atoms with van der Waals surface area (Å²) in [6.45, 7) is 1.12. The van der Waals surface area contributed by atoms with E-state index < -0.39 is 21.8 Å². The molecule has 32 heavy (non-hydrogen) atoms. The fraction of sp³-hybridized carbons (Fsp3) is 0.250. The lowest BCUT2D eigenvalue weighted by molar-refractivity contribution is -0.137. The number of hydrogen-bond donors (Lipinski definition) is 1. The first-order valence-corrected chi connectivity index (χ1v) is 11.1. The van der Waals surface area contributed by atoms with E-state index in [0.717, 1.165) is 30.0 Å². The zero-order valence-electron chi connectivity index (χ0n) is 16.7. The van der Waals surface area contributed by atoms with Crippen molar-refractivity contribution >= 4 is 27.3 Å². The monoisotopic (exact) mass is 464 g/mol. The summed E-state index contributed by atoms with van der Waals surface area (Å²) in [5.74, 6) is 1.15. The van der Waals surface area contributed by atoms with Crippen molar-refractivity contribution in [1.29, 1.82) is 0 Å². The smallest absolute Gasteiger partial charge is 0.352 e. The lowest BCUT2D eigenvalue weighted by Gasteiger charge is -2.34. The number of halogens is 3. The molecular weight excluding hydrogens is 445 g/mol. The van der Waals surface area contributed by atoms with Crippen LogP contribution in [0.3, 0.4) is 0 Å². The Bertz CT molecular complexity index is 1150. The number of nitrogens with one attached hydrogen (secondary N) is 1. The van der Waals surface area contributed by atoms with Crippen molar-refractivity contribution in [3.63, 3.8) is 0 Å². The van der Waals surface area contributed by atoms with Gasteiger partial charge in [-0.05, 0) is 48.5 Å². The van der Waals surface area contributed by atoms with E-state index in [-0.39, 0.29) is 18.0 Å². The van der Waals surface area contributed by atoms with Crippen molar-refractivity contribution in [3.8, 4) is 0 Å². The topological polar surface area (TPSA) is 91.3 Å². The second-order valence-corrected chi connectivity index (χ2v) is 8.99. The van der Waals surface area contributed by atoms with Crippen molar-refractivity contribution in [2.45, 2.75) is 11.1 Å². The summed E-state index contributed by atoms with van der Waals surface area (Å²) in [5.41, 5.74) is -0.113. The van der Waals surface area contributed by atoms with E-state index in [4.69, 9.17) is 0 Å². The van der Waals surface area contributed by atoms with E-state index in [1.165, 1.54) is 4.31 Å². The fourth-order valence-electron chi connectivity index (χ4n) is 3.27. The maximum Gasteiger partial charge on any atom is 0.416 e. The van der Waals surface area contributed by atoms with Gasteiger partial charge in [0, 0.05) is 32.4 Å². The number of pyridine rings is 1. The number of alkyl halides is 3. The van der Waals surface area contributed by atoms with Crippen LogP contribution in [-0.2, 0) is 16.2 Å². The molecule has 3 heterocycles. The third-order valence-corrected chi connectivity index (χ3v) is 6.88. The van der Waals surface area contributed by atoms with Gasteiger partial charge >= 0.3 is 6.18 Å². The zero-order valence-corrected chi connectivity index (χ0v) is 17.5. The first kappa shape index (κ1) is 22.0. The Balaban J connectivity index is 1.38. The lowest BCUT2D eigenvalue weighted by atomic mass is 10.2. The lowest BCUT2D eigenvalue weighted by Crippen LogP contribution is -2.49. The molecule has 0 unspecified atom stereocenters. The summed E-state index contributed by atoms with van der Waals surface area (Å²) >= 11 is 0. The Morgan fingerprint density at radius 3 is 2.19 bits per heavy atom. The minimum Gasteiger partial charge on any atom is -0.352 e. The number of anilines is 3. The fourth-order valence-corrected chi connectivity index (χ4v) is 4.69. The summed E-state index contributed by atoms with van der Waals surface area (Å²) in [5, 5.41) is 11.4. The molecule has 0 radical (unpaired) electrons. The van der Waals surface area contributed by atoms with Crippen LogP contribution in [-0.4, -0.2) is 54.1 Å². The molecule has 1 saturated heterocycles. The van der Waals surface area contributed by atoms with Crippen LogP contribution in [0.25, 0.3) is 0 Å². The number of rotatable bonds is 5. The second kappa shape index (κ2) is 8.71. The van der Waals surface area contributed by atoms with E-state index in [1.54, 1.807) is 30.6 Å². The molecule has 8 nitrogen and oxygen atoms in total. The Morgan fingerprint density at radius 1 is 0.906 bits per heavy atom. The maximum absolute atomic E-state index is 12.8. The minimum atomic E-state index is -4.52. The highest BCUT2D eigenvalue weighted by Gasteiger charge is 2.32. The number of hydrogen-bond acceptors (Lipinski definition) is 7.